The summed E-state index contributed by atoms with van der Waals surface area (Å²) in [5.74, 6) is 0. The third-order valence-corrected chi connectivity index (χ3v) is 3.65. The van der Waals surface area contributed by atoms with Gasteiger partial charge < -0.3 is 10.1 Å². The highest BCUT2D eigenvalue weighted by Crippen LogP contribution is 2.22. The highest BCUT2D eigenvalue weighted by molar-refractivity contribution is 6.33. The van der Waals surface area contributed by atoms with E-state index in [1.165, 1.54) is 0 Å². The van der Waals surface area contributed by atoms with E-state index in [1.807, 2.05) is 18.2 Å². The van der Waals surface area contributed by atoms with Crippen molar-refractivity contribution in [2.45, 2.75) is 38.8 Å². The van der Waals surface area contributed by atoms with Crippen molar-refractivity contribution in [2.24, 2.45) is 0 Å². The fourth-order valence-electron chi connectivity index (χ4n) is 1.83. The molecule has 2 nitrogen and oxygen atoms in total. The van der Waals surface area contributed by atoms with Crippen molar-refractivity contribution in [3.63, 3.8) is 0 Å². The van der Waals surface area contributed by atoms with Crippen molar-refractivity contribution in [2.75, 3.05) is 13.7 Å². The highest BCUT2D eigenvalue weighted by Gasteiger charge is 2.18. The minimum Gasteiger partial charge on any atom is -0.380 e. The van der Waals surface area contributed by atoms with Gasteiger partial charge in [0.05, 0.1) is 6.10 Å². The van der Waals surface area contributed by atoms with E-state index in [9.17, 15) is 0 Å². The van der Waals surface area contributed by atoms with Crippen molar-refractivity contribution in [3.8, 4) is 0 Å². The molecule has 1 N–H and O–H groups in total. The standard InChI is InChI=1S/C14H21Cl2NO/c1-4-7-17-14(10(2)18-3)9-11-8-12(15)5-6-13(11)16/h5-6,8,10,14,17H,4,7,9H2,1-3H3. The summed E-state index contributed by atoms with van der Waals surface area (Å²) in [5, 5.41) is 4.96. The van der Waals surface area contributed by atoms with Gasteiger partial charge in [0.25, 0.3) is 0 Å². The molecule has 0 radical (unpaired) electrons. The average molecular weight is 290 g/mol. The molecule has 1 aromatic carbocycles. The van der Waals surface area contributed by atoms with Gasteiger partial charge in [-0.1, -0.05) is 30.1 Å². The summed E-state index contributed by atoms with van der Waals surface area (Å²) in [6.45, 7) is 5.18. The minimum atomic E-state index is 0.131. The van der Waals surface area contributed by atoms with Gasteiger partial charge in [0.2, 0.25) is 0 Å². The molecular formula is C14H21Cl2NO. The summed E-state index contributed by atoms with van der Waals surface area (Å²) in [6.07, 6.45) is 2.04. The minimum absolute atomic E-state index is 0.131. The summed E-state index contributed by atoms with van der Waals surface area (Å²) in [7, 11) is 1.73. The van der Waals surface area contributed by atoms with E-state index in [2.05, 4.69) is 19.2 Å². The van der Waals surface area contributed by atoms with E-state index in [1.54, 1.807) is 7.11 Å². The Labute approximate surface area is 120 Å². The van der Waals surface area contributed by atoms with Crippen LogP contribution >= 0.6 is 23.2 Å². The second-order valence-corrected chi connectivity index (χ2v) is 5.28. The molecule has 0 saturated heterocycles. The van der Waals surface area contributed by atoms with Gasteiger partial charge >= 0.3 is 0 Å². The lowest BCUT2D eigenvalue weighted by Crippen LogP contribution is -2.41. The van der Waals surface area contributed by atoms with Gasteiger partial charge in [-0.15, -0.1) is 0 Å². The fraction of sp³-hybridized carbons (Fsp3) is 0.571. The lowest BCUT2D eigenvalue weighted by molar-refractivity contribution is 0.0831. The zero-order chi connectivity index (χ0) is 13.5. The molecule has 0 saturated carbocycles. The average Bonchev–Trinajstić information content (AvgIpc) is 2.37. The molecule has 0 amide bonds. The Hall–Kier alpha value is -0.280. The number of benzene rings is 1. The smallest absolute Gasteiger partial charge is 0.0699 e. The van der Waals surface area contributed by atoms with Crippen LogP contribution in [0, 0.1) is 0 Å². The van der Waals surface area contributed by atoms with E-state index < -0.39 is 0 Å². The molecule has 0 aliphatic carbocycles. The monoisotopic (exact) mass is 289 g/mol. The van der Waals surface area contributed by atoms with Crippen LogP contribution in [0.25, 0.3) is 0 Å². The van der Waals surface area contributed by atoms with Crippen LogP contribution in [-0.4, -0.2) is 25.8 Å². The maximum absolute atomic E-state index is 6.19. The van der Waals surface area contributed by atoms with E-state index in [4.69, 9.17) is 27.9 Å². The molecule has 0 aliphatic rings. The third kappa shape index (κ3) is 4.77. The molecule has 0 spiro atoms. The van der Waals surface area contributed by atoms with Crippen LogP contribution in [0.5, 0.6) is 0 Å². The summed E-state index contributed by atoms with van der Waals surface area (Å²) in [5.41, 5.74) is 1.06. The first-order chi connectivity index (χ1) is 8.58. The maximum Gasteiger partial charge on any atom is 0.0699 e. The van der Waals surface area contributed by atoms with E-state index in [0.717, 1.165) is 30.0 Å². The molecule has 0 heterocycles. The topological polar surface area (TPSA) is 21.3 Å². The summed E-state index contributed by atoms with van der Waals surface area (Å²) >= 11 is 12.2. The quantitative estimate of drug-likeness (QED) is 0.821. The predicted molar refractivity (Wildman–Crippen MR) is 78.7 cm³/mol. The zero-order valence-corrected chi connectivity index (χ0v) is 12.7. The van der Waals surface area contributed by atoms with Gasteiger partial charge in [-0.3, -0.25) is 0 Å². The van der Waals surface area contributed by atoms with Gasteiger partial charge in [0, 0.05) is 23.2 Å². The van der Waals surface area contributed by atoms with Crippen LogP contribution in [0.4, 0.5) is 0 Å². The first-order valence-corrected chi connectivity index (χ1v) is 7.04. The predicted octanol–water partition coefficient (Wildman–Crippen LogP) is 3.94. The summed E-state index contributed by atoms with van der Waals surface area (Å²) in [4.78, 5) is 0. The molecule has 2 atom stereocenters. The molecule has 1 aromatic rings. The van der Waals surface area contributed by atoms with E-state index in [-0.39, 0.29) is 12.1 Å². The second kappa shape index (κ2) is 8.00. The van der Waals surface area contributed by atoms with Crippen LogP contribution in [0.2, 0.25) is 10.0 Å². The van der Waals surface area contributed by atoms with E-state index in [0.29, 0.717) is 5.02 Å². The molecule has 0 bridgehead atoms. The number of methoxy groups -OCH3 is 1. The summed E-state index contributed by atoms with van der Waals surface area (Å²) < 4.78 is 5.41. The number of nitrogens with one attached hydrogen (secondary N) is 1. The molecule has 18 heavy (non-hydrogen) atoms. The van der Waals surface area contributed by atoms with Crippen LogP contribution in [0.1, 0.15) is 25.8 Å². The maximum atomic E-state index is 6.19. The highest BCUT2D eigenvalue weighted by atomic mass is 35.5. The Bertz CT molecular complexity index is 371. The molecule has 2 unspecified atom stereocenters. The van der Waals surface area contributed by atoms with Crippen LogP contribution in [-0.2, 0) is 11.2 Å². The molecule has 1 rings (SSSR count). The van der Waals surface area contributed by atoms with Gasteiger partial charge in [0.15, 0.2) is 0 Å². The van der Waals surface area contributed by atoms with Crippen molar-refractivity contribution in [1.82, 2.24) is 5.32 Å². The molecule has 102 valence electrons. The van der Waals surface area contributed by atoms with Gasteiger partial charge in [-0.25, -0.2) is 0 Å². The zero-order valence-electron chi connectivity index (χ0n) is 11.2. The van der Waals surface area contributed by atoms with Crippen molar-refractivity contribution in [1.29, 1.82) is 0 Å². The molecule has 0 aromatic heterocycles. The van der Waals surface area contributed by atoms with Gasteiger partial charge in [0.1, 0.15) is 0 Å². The first-order valence-electron chi connectivity index (χ1n) is 6.28. The van der Waals surface area contributed by atoms with Crippen molar-refractivity contribution < 1.29 is 4.74 Å². The first kappa shape index (κ1) is 15.8. The second-order valence-electron chi connectivity index (χ2n) is 4.44. The van der Waals surface area contributed by atoms with E-state index >= 15 is 0 Å². The molecule has 4 heteroatoms. The normalized spacial score (nSPS) is 14.5. The van der Waals surface area contributed by atoms with Crippen molar-refractivity contribution in [3.05, 3.63) is 33.8 Å². The molecule has 0 aliphatic heterocycles. The Balaban J connectivity index is 2.77. The van der Waals surface area contributed by atoms with Gasteiger partial charge in [-0.05, 0) is 50.1 Å². The Kier molecular flexibility index (Phi) is 7.02. The molecular weight excluding hydrogens is 269 g/mol. The van der Waals surface area contributed by atoms with Crippen molar-refractivity contribution >= 4 is 23.2 Å². The fourth-order valence-corrected chi connectivity index (χ4v) is 2.22. The Morgan fingerprint density at radius 2 is 2.06 bits per heavy atom. The number of hydrogen-bond acceptors (Lipinski definition) is 2. The number of ether oxygens (including phenoxy) is 1. The number of rotatable bonds is 7. The summed E-state index contributed by atoms with van der Waals surface area (Å²) in [6, 6.07) is 5.81. The lowest BCUT2D eigenvalue weighted by atomic mass is 10.0. The molecule has 0 fully saturated rings. The largest absolute Gasteiger partial charge is 0.380 e. The van der Waals surface area contributed by atoms with Crippen LogP contribution in [0.3, 0.4) is 0 Å². The number of halogens is 2. The Morgan fingerprint density at radius 1 is 1.33 bits per heavy atom. The number of hydrogen-bond donors (Lipinski definition) is 1. The van der Waals surface area contributed by atoms with Crippen LogP contribution in [0.15, 0.2) is 18.2 Å². The SMILES string of the molecule is CCCNC(Cc1cc(Cl)ccc1Cl)C(C)OC. The van der Waals surface area contributed by atoms with Gasteiger partial charge in [-0.2, -0.15) is 0 Å². The third-order valence-electron chi connectivity index (χ3n) is 3.04. The Morgan fingerprint density at radius 3 is 2.67 bits per heavy atom. The lowest BCUT2D eigenvalue weighted by Gasteiger charge is -2.24. The van der Waals surface area contributed by atoms with Crippen LogP contribution < -0.4 is 5.32 Å².